The lowest BCUT2D eigenvalue weighted by Crippen LogP contribution is -2.36. The van der Waals surface area contributed by atoms with E-state index in [4.69, 9.17) is 5.11 Å². The number of aromatic nitrogens is 1. The first kappa shape index (κ1) is 13.6. The van der Waals surface area contributed by atoms with Crippen molar-refractivity contribution in [1.82, 2.24) is 9.88 Å². The van der Waals surface area contributed by atoms with E-state index in [0.29, 0.717) is 12.1 Å². The number of carbonyl (C=O) groups is 1. The average Bonchev–Trinajstić information content (AvgIpc) is 2.77. The van der Waals surface area contributed by atoms with Crippen LogP contribution in [-0.4, -0.2) is 28.7 Å². The van der Waals surface area contributed by atoms with Crippen molar-refractivity contribution in [2.45, 2.75) is 13.8 Å². The molecule has 0 aliphatic rings. The van der Waals surface area contributed by atoms with Crippen LogP contribution in [0.25, 0.3) is 10.9 Å². The first-order valence-electron chi connectivity index (χ1n) is 6.37. The lowest BCUT2D eigenvalue weighted by molar-refractivity contribution is 0.0911. The summed E-state index contributed by atoms with van der Waals surface area (Å²) in [4.78, 5) is 12.1. The number of benzene rings is 1. The van der Waals surface area contributed by atoms with Crippen molar-refractivity contribution in [1.29, 1.82) is 0 Å². The van der Waals surface area contributed by atoms with Gasteiger partial charge >= 0.3 is 0 Å². The third-order valence-electron chi connectivity index (χ3n) is 3.30. The lowest BCUT2D eigenvalue weighted by Gasteiger charge is -2.21. The summed E-state index contributed by atoms with van der Waals surface area (Å²) in [5, 5.41) is 13.1. The molecule has 1 aromatic heterocycles. The van der Waals surface area contributed by atoms with Crippen LogP contribution in [0.1, 0.15) is 24.2 Å². The highest BCUT2D eigenvalue weighted by Gasteiger charge is 2.18. The highest BCUT2D eigenvalue weighted by Crippen LogP contribution is 2.17. The van der Waals surface area contributed by atoms with Crippen molar-refractivity contribution < 1.29 is 9.90 Å². The summed E-state index contributed by atoms with van der Waals surface area (Å²) in [6.07, 6.45) is 1.97. The molecule has 0 saturated carbocycles. The van der Waals surface area contributed by atoms with Crippen LogP contribution in [0.2, 0.25) is 0 Å². The van der Waals surface area contributed by atoms with Gasteiger partial charge in [0.15, 0.2) is 0 Å². The number of hydrogen-bond donors (Lipinski definition) is 2. The maximum absolute atomic E-state index is 12.1. The summed E-state index contributed by atoms with van der Waals surface area (Å²) < 4.78 is 2.02. The number of hydrogen-bond acceptors (Lipinski definition) is 2. The zero-order valence-electron chi connectivity index (χ0n) is 11.6. The van der Waals surface area contributed by atoms with Gasteiger partial charge in [-0.15, -0.1) is 0 Å². The minimum Gasteiger partial charge on any atom is -0.396 e. The monoisotopic (exact) mass is 260 g/mol. The molecule has 2 rings (SSSR count). The Labute approximate surface area is 113 Å². The summed E-state index contributed by atoms with van der Waals surface area (Å²) >= 11 is 0. The molecule has 19 heavy (non-hydrogen) atoms. The van der Waals surface area contributed by atoms with E-state index in [1.807, 2.05) is 55.9 Å². The van der Waals surface area contributed by atoms with E-state index in [2.05, 4.69) is 5.32 Å². The van der Waals surface area contributed by atoms with Crippen molar-refractivity contribution in [3.63, 3.8) is 0 Å². The van der Waals surface area contributed by atoms with Crippen molar-refractivity contribution >= 4 is 16.8 Å². The Morgan fingerprint density at radius 3 is 2.79 bits per heavy atom. The number of rotatable bonds is 4. The number of aliphatic hydroxyl groups excluding tert-OH is 1. The molecule has 0 atom stereocenters. The van der Waals surface area contributed by atoms with Crippen LogP contribution in [0.15, 0.2) is 30.5 Å². The molecule has 0 aliphatic carbocycles. The quantitative estimate of drug-likeness (QED) is 0.882. The number of carbonyl (C=O) groups excluding carboxylic acids is 1. The van der Waals surface area contributed by atoms with Gasteiger partial charge in [0.1, 0.15) is 0 Å². The van der Waals surface area contributed by atoms with Crippen LogP contribution in [-0.2, 0) is 7.05 Å². The maximum Gasteiger partial charge on any atom is 0.251 e. The largest absolute Gasteiger partial charge is 0.396 e. The molecule has 1 amide bonds. The molecule has 102 valence electrons. The Balaban J connectivity index is 2.13. The van der Waals surface area contributed by atoms with E-state index in [1.54, 1.807) is 0 Å². The predicted molar refractivity (Wildman–Crippen MR) is 76.1 cm³/mol. The van der Waals surface area contributed by atoms with Gasteiger partial charge in [-0.2, -0.15) is 0 Å². The molecule has 0 aliphatic heterocycles. The minimum atomic E-state index is -0.299. The number of nitrogens with zero attached hydrogens (tertiary/aromatic N) is 1. The van der Waals surface area contributed by atoms with Gasteiger partial charge in [0.25, 0.3) is 5.91 Å². The van der Waals surface area contributed by atoms with E-state index in [-0.39, 0.29) is 17.9 Å². The highest BCUT2D eigenvalue weighted by molar-refractivity contribution is 5.98. The summed E-state index contributed by atoms with van der Waals surface area (Å²) in [7, 11) is 1.98. The fraction of sp³-hybridized carbons (Fsp3) is 0.400. The normalized spacial score (nSPS) is 11.8. The predicted octanol–water partition coefficient (Wildman–Crippen LogP) is 1.93. The number of nitrogens with one attached hydrogen (secondary N) is 1. The van der Waals surface area contributed by atoms with E-state index in [9.17, 15) is 4.79 Å². The molecular weight excluding hydrogens is 240 g/mol. The Kier molecular flexibility index (Phi) is 3.62. The Hall–Kier alpha value is -1.81. The van der Waals surface area contributed by atoms with Gasteiger partial charge in [0.05, 0.1) is 0 Å². The molecular formula is C15H20N2O2. The molecule has 0 saturated heterocycles. The number of fused-ring (bicyclic) bond motifs is 1. The Bertz CT molecular complexity index is 599. The average molecular weight is 260 g/mol. The van der Waals surface area contributed by atoms with E-state index >= 15 is 0 Å². The molecule has 0 fully saturated rings. The van der Waals surface area contributed by atoms with Crippen LogP contribution in [0.3, 0.4) is 0 Å². The van der Waals surface area contributed by atoms with Crippen LogP contribution < -0.4 is 5.32 Å². The van der Waals surface area contributed by atoms with Crippen molar-refractivity contribution in [2.75, 3.05) is 13.2 Å². The number of aryl methyl sites for hydroxylation is 1. The summed E-state index contributed by atoms with van der Waals surface area (Å²) in [6, 6.07) is 7.64. The molecule has 1 aromatic carbocycles. The number of amides is 1. The zero-order valence-corrected chi connectivity index (χ0v) is 11.6. The second-order valence-electron chi connectivity index (χ2n) is 5.71. The fourth-order valence-corrected chi connectivity index (χ4v) is 1.90. The Morgan fingerprint density at radius 2 is 2.11 bits per heavy atom. The third kappa shape index (κ3) is 2.96. The Morgan fingerprint density at radius 1 is 1.37 bits per heavy atom. The van der Waals surface area contributed by atoms with Gasteiger partial charge in [0.2, 0.25) is 0 Å². The van der Waals surface area contributed by atoms with E-state index in [0.717, 1.165) is 10.9 Å². The smallest absolute Gasteiger partial charge is 0.251 e. The van der Waals surface area contributed by atoms with Gasteiger partial charge < -0.3 is 15.0 Å². The van der Waals surface area contributed by atoms with E-state index < -0.39 is 0 Å². The third-order valence-corrected chi connectivity index (χ3v) is 3.30. The molecule has 4 heteroatoms. The maximum atomic E-state index is 12.1. The first-order valence-corrected chi connectivity index (χ1v) is 6.37. The molecule has 2 N–H and O–H groups in total. The summed E-state index contributed by atoms with van der Waals surface area (Å²) in [5.74, 6) is -0.104. The topological polar surface area (TPSA) is 54.3 Å². The van der Waals surface area contributed by atoms with Crippen LogP contribution >= 0.6 is 0 Å². The van der Waals surface area contributed by atoms with Gasteiger partial charge in [0, 0.05) is 48.3 Å². The van der Waals surface area contributed by atoms with Crippen molar-refractivity contribution in [3.05, 3.63) is 36.0 Å². The summed E-state index contributed by atoms with van der Waals surface area (Å²) in [6.45, 7) is 4.32. The molecule has 0 unspecified atom stereocenters. The highest BCUT2D eigenvalue weighted by atomic mass is 16.3. The van der Waals surface area contributed by atoms with Gasteiger partial charge in [-0.3, -0.25) is 4.79 Å². The van der Waals surface area contributed by atoms with Gasteiger partial charge in [-0.25, -0.2) is 0 Å². The second kappa shape index (κ2) is 5.05. The molecule has 2 aromatic rings. The van der Waals surface area contributed by atoms with Crippen LogP contribution in [0.5, 0.6) is 0 Å². The lowest BCUT2D eigenvalue weighted by atomic mass is 9.95. The molecule has 0 bridgehead atoms. The SMILES string of the molecule is Cn1ccc2cc(C(=O)NCC(C)(C)CO)ccc21. The molecule has 0 radical (unpaired) electrons. The van der Waals surface area contributed by atoms with Crippen LogP contribution in [0, 0.1) is 5.41 Å². The van der Waals surface area contributed by atoms with Gasteiger partial charge in [-0.05, 0) is 24.3 Å². The molecule has 4 nitrogen and oxygen atoms in total. The van der Waals surface area contributed by atoms with Crippen molar-refractivity contribution in [3.8, 4) is 0 Å². The van der Waals surface area contributed by atoms with Crippen LogP contribution in [0.4, 0.5) is 0 Å². The van der Waals surface area contributed by atoms with Gasteiger partial charge in [-0.1, -0.05) is 13.8 Å². The zero-order chi connectivity index (χ0) is 14.0. The molecule has 1 heterocycles. The first-order chi connectivity index (χ1) is 8.93. The summed E-state index contributed by atoms with van der Waals surface area (Å²) in [5.41, 5.74) is 1.45. The standard InChI is InChI=1S/C15H20N2O2/c1-15(2,10-18)9-16-14(19)12-4-5-13-11(8-12)6-7-17(13)3/h4-8,18H,9-10H2,1-3H3,(H,16,19). The van der Waals surface area contributed by atoms with Crippen molar-refractivity contribution in [2.24, 2.45) is 12.5 Å². The minimum absolute atomic E-state index is 0.0466. The second-order valence-corrected chi connectivity index (χ2v) is 5.71. The van der Waals surface area contributed by atoms with E-state index in [1.165, 1.54) is 0 Å². The fourth-order valence-electron chi connectivity index (χ4n) is 1.90. The molecule has 0 spiro atoms. The number of aliphatic hydroxyl groups is 1.